The lowest BCUT2D eigenvalue weighted by Crippen LogP contribution is -2.03. The fourth-order valence-corrected chi connectivity index (χ4v) is 2.72. The molecule has 3 aromatic rings. The molecule has 1 N–H and O–H groups in total. The van der Waals surface area contributed by atoms with Crippen molar-refractivity contribution in [3.63, 3.8) is 0 Å². The van der Waals surface area contributed by atoms with Crippen LogP contribution in [0.4, 0.5) is 0 Å². The quantitative estimate of drug-likeness (QED) is 0.707. The molecule has 0 unspecified atom stereocenters. The van der Waals surface area contributed by atoms with E-state index in [1.54, 1.807) is 6.20 Å². The van der Waals surface area contributed by atoms with Crippen LogP contribution in [-0.4, -0.2) is 18.1 Å². The summed E-state index contributed by atoms with van der Waals surface area (Å²) >= 11 is 6.31. The number of H-pyrrole nitrogens is 1. The first-order valence-corrected chi connectivity index (χ1v) is 7.20. The minimum absolute atomic E-state index is 0.405. The minimum atomic E-state index is -0.405. The second kappa shape index (κ2) is 6.08. The SMILES string of the molecule is COC(=O)c1[nH]cc(-c2ccccc2Cl)c1-c1ccccc1. The molecule has 0 aliphatic rings. The van der Waals surface area contributed by atoms with Gasteiger partial charge in [-0.3, -0.25) is 0 Å². The largest absolute Gasteiger partial charge is 0.464 e. The Morgan fingerprint density at radius 3 is 2.36 bits per heavy atom. The van der Waals surface area contributed by atoms with Crippen molar-refractivity contribution < 1.29 is 9.53 Å². The number of methoxy groups -OCH3 is 1. The summed E-state index contributed by atoms with van der Waals surface area (Å²) in [5.41, 5.74) is 3.88. The first-order valence-electron chi connectivity index (χ1n) is 6.82. The van der Waals surface area contributed by atoms with E-state index >= 15 is 0 Å². The van der Waals surface area contributed by atoms with Crippen LogP contribution in [0.5, 0.6) is 0 Å². The highest BCUT2D eigenvalue weighted by molar-refractivity contribution is 6.33. The number of carbonyl (C=O) groups excluding carboxylic acids is 1. The maximum atomic E-state index is 12.1. The third kappa shape index (κ3) is 2.51. The number of halogens is 1. The average molecular weight is 312 g/mol. The highest BCUT2D eigenvalue weighted by Gasteiger charge is 2.21. The molecule has 3 rings (SSSR count). The Morgan fingerprint density at radius 1 is 1.00 bits per heavy atom. The van der Waals surface area contributed by atoms with E-state index in [1.165, 1.54) is 7.11 Å². The number of hydrogen-bond acceptors (Lipinski definition) is 2. The Morgan fingerprint density at radius 2 is 1.68 bits per heavy atom. The fraction of sp³-hybridized carbons (Fsp3) is 0.0556. The summed E-state index contributed by atoms with van der Waals surface area (Å²) in [7, 11) is 1.37. The molecule has 0 saturated carbocycles. The standard InChI is InChI=1S/C18H14ClNO2/c1-22-18(21)17-16(12-7-3-2-4-8-12)14(11-20-17)13-9-5-6-10-15(13)19/h2-11,20H,1H3. The van der Waals surface area contributed by atoms with Crippen LogP contribution in [0.25, 0.3) is 22.3 Å². The zero-order valence-electron chi connectivity index (χ0n) is 12.0. The van der Waals surface area contributed by atoms with Gasteiger partial charge in [-0.25, -0.2) is 4.79 Å². The lowest BCUT2D eigenvalue weighted by molar-refractivity contribution is 0.0596. The van der Waals surface area contributed by atoms with Gasteiger partial charge < -0.3 is 9.72 Å². The molecule has 0 saturated heterocycles. The molecule has 1 aromatic heterocycles. The highest BCUT2D eigenvalue weighted by atomic mass is 35.5. The van der Waals surface area contributed by atoms with E-state index in [-0.39, 0.29) is 0 Å². The predicted molar refractivity (Wildman–Crippen MR) is 88.0 cm³/mol. The second-order valence-corrected chi connectivity index (χ2v) is 5.20. The summed E-state index contributed by atoms with van der Waals surface area (Å²) in [5.74, 6) is -0.405. The van der Waals surface area contributed by atoms with Crippen molar-refractivity contribution >= 4 is 17.6 Å². The molecular formula is C18H14ClNO2. The van der Waals surface area contributed by atoms with Gasteiger partial charge in [0.1, 0.15) is 5.69 Å². The molecule has 3 nitrogen and oxygen atoms in total. The van der Waals surface area contributed by atoms with Gasteiger partial charge in [-0.05, 0) is 11.6 Å². The van der Waals surface area contributed by atoms with Crippen LogP contribution in [0.1, 0.15) is 10.5 Å². The normalized spacial score (nSPS) is 10.5. The van der Waals surface area contributed by atoms with E-state index in [0.717, 1.165) is 22.3 Å². The zero-order chi connectivity index (χ0) is 15.5. The summed E-state index contributed by atoms with van der Waals surface area (Å²) in [4.78, 5) is 15.1. The molecule has 22 heavy (non-hydrogen) atoms. The van der Waals surface area contributed by atoms with Crippen molar-refractivity contribution in [1.82, 2.24) is 4.98 Å². The van der Waals surface area contributed by atoms with Crippen LogP contribution in [0.3, 0.4) is 0 Å². The molecule has 1 heterocycles. The second-order valence-electron chi connectivity index (χ2n) is 4.79. The molecular weight excluding hydrogens is 298 g/mol. The van der Waals surface area contributed by atoms with Crippen LogP contribution < -0.4 is 0 Å². The molecule has 0 spiro atoms. The predicted octanol–water partition coefficient (Wildman–Crippen LogP) is 4.79. The van der Waals surface area contributed by atoms with Gasteiger partial charge in [-0.15, -0.1) is 0 Å². The maximum absolute atomic E-state index is 12.1. The van der Waals surface area contributed by atoms with E-state index in [4.69, 9.17) is 16.3 Å². The van der Waals surface area contributed by atoms with Crippen LogP contribution in [-0.2, 0) is 4.74 Å². The number of aromatic amines is 1. The monoisotopic (exact) mass is 311 g/mol. The number of carbonyl (C=O) groups is 1. The van der Waals surface area contributed by atoms with Gasteiger partial charge in [0.2, 0.25) is 0 Å². The first kappa shape index (κ1) is 14.4. The van der Waals surface area contributed by atoms with Crippen molar-refractivity contribution in [3.05, 3.63) is 71.5 Å². The van der Waals surface area contributed by atoms with Gasteiger partial charge in [-0.2, -0.15) is 0 Å². The molecule has 4 heteroatoms. The molecule has 2 aromatic carbocycles. The summed E-state index contributed by atoms with van der Waals surface area (Å²) in [5, 5.41) is 0.634. The number of aromatic nitrogens is 1. The molecule has 0 bridgehead atoms. The van der Waals surface area contributed by atoms with Crippen molar-refractivity contribution in [1.29, 1.82) is 0 Å². The molecule has 0 aliphatic heterocycles. The number of ether oxygens (including phenoxy) is 1. The first-order chi connectivity index (χ1) is 10.7. The topological polar surface area (TPSA) is 42.1 Å². The lowest BCUT2D eigenvalue weighted by atomic mass is 9.96. The number of nitrogens with one attached hydrogen (secondary N) is 1. The minimum Gasteiger partial charge on any atom is -0.464 e. The number of hydrogen-bond donors (Lipinski definition) is 1. The van der Waals surface area contributed by atoms with Gasteiger partial charge in [0.15, 0.2) is 0 Å². The Bertz CT molecular complexity index is 809. The Balaban J connectivity index is 2.26. The summed E-state index contributed by atoms with van der Waals surface area (Å²) < 4.78 is 4.87. The Kier molecular flexibility index (Phi) is 3.98. The molecule has 0 aliphatic carbocycles. The summed E-state index contributed by atoms with van der Waals surface area (Å²) in [6, 6.07) is 17.3. The van der Waals surface area contributed by atoms with Crippen LogP contribution >= 0.6 is 11.6 Å². The number of esters is 1. The smallest absolute Gasteiger partial charge is 0.355 e. The summed E-state index contributed by atoms with van der Waals surface area (Å²) in [6.45, 7) is 0. The van der Waals surface area contributed by atoms with Crippen molar-refractivity contribution in [2.24, 2.45) is 0 Å². The molecule has 0 radical (unpaired) electrons. The van der Waals surface area contributed by atoms with Crippen LogP contribution in [0, 0.1) is 0 Å². The van der Waals surface area contributed by atoms with Gasteiger partial charge in [0, 0.05) is 27.9 Å². The van der Waals surface area contributed by atoms with E-state index < -0.39 is 5.97 Å². The van der Waals surface area contributed by atoms with Gasteiger partial charge >= 0.3 is 5.97 Å². The third-order valence-electron chi connectivity index (χ3n) is 3.50. The van der Waals surface area contributed by atoms with Crippen molar-refractivity contribution in [2.45, 2.75) is 0 Å². The molecule has 110 valence electrons. The average Bonchev–Trinajstić information content (AvgIpc) is 3.00. The Hall–Kier alpha value is -2.52. The number of rotatable bonds is 3. The fourth-order valence-electron chi connectivity index (χ4n) is 2.48. The number of benzene rings is 2. The van der Waals surface area contributed by atoms with Gasteiger partial charge in [-0.1, -0.05) is 60.1 Å². The third-order valence-corrected chi connectivity index (χ3v) is 3.83. The molecule has 0 atom stereocenters. The van der Waals surface area contributed by atoms with Crippen LogP contribution in [0.2, 0.25) is 5.02 Å². The van der Waals surface area contributed by atoms with E-state index in [9.17, 15) is 4.79 Å². The van der Waals surface area contributed by atoms with E-state index in [0.29, 0.717) is 10.7 Å². The highest BCUT2D eigenvalue weighted by Crippen LogP contribution is 2.38. The summed E-state index contributed by atoms with van der Waals surface area (Å²) in [6.07, 6.45) is 1.79. The van der Waals surface area contributed by atoms with Crippen LogP contribution in [0.15, 0.2) is 60.8 Å². The van der Waals surface area contributed by atoms with Gasteiger partial charge in [0.05, 0.1) is 7.11 Å². The zero-order valence-corrected chi connectivity index (χ0v) is 12.7. The van der Waals surface area contributed by atoms with Crippen molar-refractivity contribution in [2.75, 3.05) is 7.11 Å². The Labute approximate surface area is 133 Å². The maximum Gasteiger partial charge on any atom is 0.355 e. The molecule has 0 fully saturated rings. The van der Waals surface area contributed by atoms with E-state index in [2.05, 4.69) is 4.98 Å². The van der Waals surface area contributed by atoms with E-state index in [1.807, 2.05) is 54.6 Å². The van der Waals surface area contributed by atoms with Crippen molar-refractivity contribution in [3.8, 4) is 22.3 Å². The lowest BCUT2D eigenvalue weighted by Gasteiger charge is -2.08. The molecule has 0 amide bonds. The van der Waals surface area contributed by atoms with Gasteiger partial charge in [0.25, 0.3) is 0 Å².